The Labute approximate surface area is 367 Å². The minimum Gasteiger partial charge on any atom is -0.466 e. The number of aliphatic hydroxyl groups is 2. The van der Waals surface area contributed by atoms with Crippen LogP contribution in [0.5, 0.6) is 0 Å². The maximum atomic E-state index is 12.4. The van der Waals surface area contributed by atoms with Crippen LogP contribution in [0.25, 0.3) is 0 Å². The first-order chi connectivity index (χ1) is 29.0. The van der Waals surface area contributed by atoms with Crippen LogP contribution in [0.2, 0.25) is 0 Å². The first-order valence-electron chi connectivity index (χ1n) is 26.1. The summed E-state index contributed by atoms with van der Waals surface area (Å²) in [6.07, 6.45) is 57.2. The van der Waals surface area contributed by atoms with E-state index in [1.54, 1.807) is 0 Å². The minimum absolute atomic E-state index is 0.0220. The van der Waals surface area contributed by atoms with Gasteiger partial charge in [0.25, 0.3) is 0 Å². The van der Waals surface area contributed by atoms with Crippen molar-refractivity contribution in [3.05, 3.63) is 24.3 Å². The first kappa shape index (κ1) is 57.3. The van der Waals surface area contributed by atoms with Crippen LogP contribution in [0.4, 0.5) is 0 Å². The molecule has 0 aliphatic carbocycles. The molecule has 0 aliphatic heterocycles. The molecule has 0 spiro atoms. The molecule has 0 aromatic heterocycles. The molecule has 0 aromatic carbocycles. The van der Waals surface area contributed by atoms with E-state index in [2.05, 4.69) is 43.5 Å². The highest BCUT2D eigenvalue weighted by molar-refractivity contribution is 5.76. The standard InChI is InChI=1S/C53H101NO5/c1-3-5-7-9-11-13-15-16-17-19-22-26-29-33-37-41-45-51(56)50(49-55)54-52(57)46-42-38-34-30-27-23-20-18-21-24-28-32-36-40-44-48-59-53(58)47-43-39-35-31-25-14-12-10-8-6-4-2/h18,21,24,28,50-51,55-56H,3-17,19-20,22-23,25-27,29-49H2,1-2H3,(H,54,57)/b21-18-,28-24-. The second kappa shape index (κ2) is 49.0. The summed E-state index contributed by atoms with van der Waals surface area (Å²) in [6.45, 7) is 4.89. The van der Waals surface area contributed by atoms with Crippen LogP contribution in [0, 0.1) is 0 Å². The molecular formula is C53H101NO5. The molecule has 6 heteroatoms. The highest BCUT2D eigenvalue weighted by Gasteiger charge is 2.20. The molecule has 0 saturated heterocycles. The Morgan fingerprint density at radius 3 is 1.25 bits per heavy atom. The number of amides is 1. The van der Waals surface area contributed by atoms with Gasteiger partial charge in [0.05, 0.1) is 25.4 Å². The molecule has 1 amide bonds. The summed E-state index contributed by atoms with van der Waals surface area (Å²) in [5, 5.41) is 23.2. The number of carbonyl (C=O) groups excluding carboxylic acids is 2. The number of nitrogens with one attached hydrogen (secondary N) is 1. The summed E-state index contributed by atoms with van der Waals surface area (Å²) in [5.74, 6) is -0.0785. The van der Waals surface area contributed by atoms with Crippen molar-refractivity contribution in [2.75, 3.05) is 13.2 Å². The van der Waals surface area contributed by atoms with Crippen LogP contribution < -0.4 is 5.32 Å². The lowest BCUT2D eigenvalue weighted by molar-refractivity contribution is -0.143. The Bertz CT molecular complexity index is 920. The summed E-state index contributed by atoms with van der Waals surface area (Å²) < 4.78 is 5.42. The molecule has 3 N–H and O–H groups in total. The predicted molar refractivity (Wildman–Crippen MR) is 255 cm³/mol. The van der Waals surface area contributed by atoms with Crippen molar-refractivity contribution in [1.29, 1.82) is 0 Å². The molecule has 348 valence electrons. The maximum absolute atomic E-state index is 12.4. The number of allylic oxidation sites excluding steroid dienone is 4. The average molecular weight is 832 g/mol. The zero-order chi connectivity index (χ0) is 43.0. The van der Waals surface area contributed by atoms with E-state index in [4.69, 9.17) is 4.74 Å². The van der Waals surface area contributed by atoms with Gasteiger partial charge >= 0.3 is 5.97 Å². The Hall–Kier alpha value is -1.66. The highest BCUT2D eigenvalue weighted by Crippen LogP contribution is 2.16. The third-order valence-electron chi connectivity index (χ3n) is 12.0. The number of hydrogen-bond acceptors (Lipinski definition) is 5. The van der Waals surface area contributed by atoms with Crippen molar-refractivity contribution >= 4 is 11.9 Å². The smallest absolute Gasteiger partial charge is 0.305 e. The van der Waals surface area contributed by atoms with E-state index < -0.39 is 12.1 Å². The largest absolute Gasteiger partial charge is 0.466 e. The van der Waals surface area contributed by atoms with Gasteiger partial charge in [-0.3, -0.25) is 9.59 Å². The number of aliphatic hydroxyl groups excluding tert-OH is 2. The molecule has 0 bridgehead atoms. The molecule has 6 nitrogen and oxygen atoms in total. The molecule has 0 heterocycles. The van der Waals surface area contributed by atoms with Gasteiger partial charge in [-0.05, 0) is 57.8 Å². The Kier molecular flexibility index (Phi) is 47.6. The van der Waals surface area contributed by atoms with Gasteiger partial charge in [-0.1, -0.05) is 231 Å². The van der Waals surface area contributed by atoms with Crippen LogP contribution in [-0.2, 0) is 14.3 Å². The number of ether oxygens (including phenoxy) is 1. The van der Waals surface area contributed by atoms with Crippen molar-refractivity contribution < 1.29 is 24.5 Å². The van der Waals surface area contributed by atoms with E-state index >= 15 is 0 Å². The maximum Gasteiger partial charge on any atom is 0.305 e. The molecule has 2 unspecified atom stereocenters. The zero-order valence-electron chi connectivity index (χ0n) is 39.5. The molecular weight excluding hydrogens is 731 g/mol. The lowest BCUT2D eigenvalue weighted by Crippen LogP contribution is -2.45. The number of hydrogen-bond donors (Lipinski definition) is 3. The number of esters is 1. The van der Waals surface area contributed by atoms with E-state index in [0.29, 0.717) is 25.9 Å². The summed E-state index contributed by atoms with van der Waals surface area (Å²) >= 11 is 0. The Balaban J connectivity index is 3.53. The lowest BCUT2D eigenvalue weighted by Gasteiger charge is -2.22. The summed E-state index contributed by atoms with van der Waals surface area (Å²) in [5.41, 5.74) is 0. The van der Waals surface area contributed by atoms with Crippen molar-refractivity contribution in [3.8, 4) is 0 Å². The van der Waals surface area contributed by atoms with Gasteiger partial charge in [0.2, 0.25) is 5.91 Å². The second-order valence-electron chi connectivity index (χ2n) is 17.9. The van der Waals surface area contributed by atoms with E-state index in [1.807, 2.05) is 0 Å². The van der Waals surface area contributed by atoms with E-state index in [-0.39, 0.29) is 18.5 Å². The van der Waals surface area contributed by atoms with E-state index in [9.17, 15) is 19.8 Å². The number of carbonyl (C=O) groups is 2. The Morgan fingerprint density at radius 2 is 0.831 bits per heavy atom. The predicted octanol–water partition coefficient (Wildman–Crippen LogP) is 15.5. The van der Waals surface area contributed by atoms with Crippen molar-refractivity contribution in [1.82, 2.24) is 5.32 Å². The molecule has 0 aromatic rings. The molecule has 0 aliphatic rings. The third-order valence-corrected chi connectivity index (χ3v) is 12.0. The minimum atomic E-state index is -0.678. The average Bonchev–Trinajstić information content (AvgIpc) is 3.24. The highest BCUT2D eigenvalue weighted by atomic mass is 16.5. The number of unbranched alkanes of at least 4 members (excludes halogenated alkanes) is 34. The molecule has 0 saturated carbocycles. The SMILES string of the molecule is CCCCCCCCCCCCCCCCCCC(O)C(CO)NC(=O)CCCCCCCC/C=C\C=C/CCCCCOC(=O)CCCCCCCCCCCCC. The van der Waals surface area contributed by atoms with Gasteiger partial charge in [-0.2, -0.15) is 0 Å². The van der Waals surface area contributed by atoms with Crippen LogP contribution in [0.3, 0.4) is 0 Å². The van der Waals surface area contributed by atoms with Gasteiger partial charge in [0, 0.05) is 12.8 Å². The summed E-state index contributed by atoms with van der Waals surface area (Å²) in [7, 11) is 0. The van der Waals surface area contributed by atoms with Gasteiger partial charge in [0.15, 0.2) is 0 Å². The topological polar surface area (TPSA) is 95.9 Å². The summed E-state index contributed by atoms with van der Waals surface area (Å²) in [4.78, 5) is 24.4. The molecule has 0 rings (SSSR count). The fraction of sp³-hybridized carbons (Fsp3) is 0.887. The number of rotatable bonds is 48. The molecule has 0 radical (unpaired) electrons. The fourth-order valence-corrected chi connectivity index (χ4v) is 7.98. The molecule has 59 heavy (non-hydrogen) atoms. The van der Waals surface area contributed by atoms with Crippen LogP contribution in [0.1, 0.15) is 277 Å². The first-order valence-corrected chi connectivity index (χ1v) is 26.1. The second-order valence-corrected chi connectivity index (χ2v) is 17.9. The fourth-order valence-electron chi connectivity index (χ4n) is 7.98. The van der Waals surface area contributed by atoms with Crippen molar-refractivity contribution in [3.63, 3.8) is 0 Å². The van der Waals surface area contributed by atoms with Crippen LogP contribution in [0.15, 0.2) is 24.3 Å². The van der Waals surface area contributed by atoms with E-state index in [0.717, 1.165) is 77.0 Å². The van der Waals surface area contributed by atoms with Crippen LogP contribution in [-0.4, -0.2) is 47.4 Å². The Morgan fingerprint density at radius 1 is 0.475 bits per heavy atom. The lowest BCUT2D eigenvalue weighted by atomic mass is 10.0. The van der Waals surface area contributed by atoms with Gasteiger partial charge in [-0.15, -0.1) is 0 Å². The van der Waals surface area contributed by atoms with Crippen molar-refractivity contribution in [2.24, 2.45) is 0 Å². The zero-order valence-corrected chi connectivity index (χ0v) is 39.5. The van der Waals surface area contributed by atoms with Gasteiger partial charge < -0.3 is 20.3 Å². The van der Waals surface area contributed by atoms with E-state index in [1.165, 1.54) is 167 Å². The molecule has 2 atom stereocenters. The van der Waals surface area contributed by atoms with Gasteiger partial charge in [-0.25, -0.2) is 0 Å². The van der Waals surface area contributed by atoms with Gasteiger partial charge in [0.1, 0.15) is 0 Å². The van der Waals surface area contributed by atoms with Crippen molar-refractivity contribution in [2.45, 2.75) is 289 Å². The summed E-state index contributed by atoms with van der Waals surface area (Å²) in [6, 6.07) is -0.557. The normalized spacial score (nSPS) is 12.8. The monoisotopic (exact) mass is 832 g/mol. The van der Waals surface area contributed by atoms with Crippen LogP contribution >= 0.6 is 0 Å². The third kappa shape index (κ3) is 45.7. The quantitative estimate of drug-likeness (QED) is 0.0322. The molecule has 0 fully saturated rings.